The lowest BCUT2D eigenvalue weighted by Crippen LogP contribution is -2.39. The zero-order valence-electron chi connectivity index (χ0n) is 12.5. The van der Waals surface area contributed by atoms with Gasteiger partial charge in [-0.3, -0.25) is 0 Å². The number of rotatable bonds is 3. The van der Waals surface area contributed by atoms with Crippen LogP contribution >= 0.6 is 11.6 Å². The largest absolute Gasteiger partial charge is 0.507 e. The Morgan fingerprint density at radius 3 is 2.96 bits per heavy atom. The second kappa shape index (κ2) is 5.75. The van der Waals surface area contributed by atoms with E-state index in [1.54, 1.807) is 6.08 Å². The number of methoxy groups -OCH3 is 1. The Balaban J connectivity index is 2.24. The van der Waals surface area contributed by atoms with E-state index in [4.69, 9.17) is 16.3 Å². The van der Waals surface area contributed by atoms with Gasteiger partial charge in [-0.1, -0.05) is 18.2 Å². The minimum absolute atomic E-state index is 0.207. The lowest BCUT2D eigenvalue weighted by atomic mass is 9.97. The molecule has 3 rings (SSSR count). The summed E-state index contributed by atoms with van der Waals surface area (Å²) in [5, 5.41) is 23.1. The van der Waals surface area contributed by atoms with Crippen molar-refractivity contribution in [2.45, 2.75) is 25.6 Å². The van der Waals surface area contributed by atoms with E-state index in [0.29, 0.717) is 47.3 Å². The maximum atomic E-state index is 11.4. The highest BCUT2D eigenvalue weighted by Gasteiger charge is 2.36. The number of allylic oxidation sites excluding steroid dienone is 1. The molecule has 3 heterocycles. The molecule has 0 saturated carbocycles. The Bertz CT molecular complexity index is 763. The average Bonchev–Trinajstić information content (AvgIpc) is 2.72. The van der Waals surface area contributed by atoms with E-state index >= 15 is 0 Å². The van der Waals surface area contributed by atoms with E-state index in [1.807, 2.05) is 4.57 Å². The summed E-state index contributed by atoms with van der Waals surface area (Å²) in [4.78, 5) is 15.8. The van der Waals surface area contributed by atoms with E-state index < -0.39 is 12.2 Å². The fourth-order valence-electron chi connectivity index (χ4n) is 2.99. The third kappa shape index (κ3) is 2.32. The van der Waals surface area contributed by atoms with E-state index in [1.165, 1.54) is 7.11 Å². The molecule has 2 aliphatic rings. The van der Waals surface area contributed by atoms with E-state index in [2.05, 4.69) is 16.9 Å². The molecule has 1 atom stereocenters. The number of aliphatic carboxylic acids is 1. The molecule has 0 saturated heterocycles. The number of carboxylic acids is 1. The van der Waals surface area contributed by atoms with Crippen LogP contribution in [0.3, 0.4) is 0 Å². The number of ether oxygens (including phenoxy) is 1. The molecule has 1 unspecified atom stereocenters. The molecule has 7 nitrogen and oxygen atoms in total. The van der Waals surface area contributed by atoms with Gasteiger partial charge in [0.2, 0.25) is 0 Å². The van der Waals surface area contributed by atoms with Crippen molar-refractivity contribution in [3.63, 3.8) is 0 Å². The molecule has 0 aromatic carbocycles. The van der Waals surface area contributed by atoms with Gasteiger partial charge >= 0.3 is 5.97 Å². The topological polar surface area (TPSA) is 96.6 Å². The molecule has 1 aromatic heterocycles. The molecule has 0 amide bonds. The first kappa shape index (κ1) is 15.6. The molecule has 122 valence electrons. The van der Waals surface area contributed by atoms with Crippen molar-refractivity contribution in [1.82, 2.24) is 14.9 Å². The number of carboxylic acid groups (broad SMARTS) is 1. The minimum atomic E-state index is -1.23. The second-order valence-corrected chi connectivity index (χ2v) is 5.61. The van der Waals surface area contributed by atoms with Crippen LogP contribution < -0.4 is 5.32 Å². The van der Waals surface area contributed by atoms with Crippen LogP contribution in [0.4, 0.5) is 0 Å². The predicted octanol–water partition coefficient (Wildman–Crippen LogP) is 2.16. The highest BCUT2D eigenvalue weighted by molar-refractivity contribution is 6.30. The van der Waals surface area contributed by atoms with Gasteiger partial charge in [-0.25, -0.2) is 9.78 Å². The van der Waals surface area contributed by atoms with Gasteiger partial charge in [0.15, 0.2) is 17.2 Å². The Hall–Kier alpha value is -2.25. The molecule has 1 aromatic rings. The molecule has 8 heteroatoms. The van der Waals surface area contributed by atoms with Gasteiger partial charge in [0, 0.05) is 19.2 Å². The SMILES string of the molecule is C=Cc1c(Cl)nc2n1CCCC1=C2NC(OC)C(C(=O)O)=C1O. The van der Waals surface area contributed by atoms with E-state index in [0.717, 1.165) is 0 Å². The van der Waals surface area contributed by atoms with Crippen molar-refractivity contribution in [2.24, 2.45) is 0 Å². The number of dihydropyridines is 1. The number of aromatic nitrogens is 2. The fourth-order valence-corrected chi connectivity index (χ4v) is 3.25. The normalized spacial score (nSPS) is 20.5. The summed E-state index contributed by atoms with van der Waals surface area (Å²) in [6, 6.07) is 0. The van der Waals surface area contributed by atoms with Crippen LogP contribution in [0.15, 0.2) is 23.5 Å². The van der Waals surface area contributed by atoms with Crippen molar-refractivity contribution in [2.75, 3.05) is 7.11 Å². The maximum Gasteiger partial charge on any atom is 0.339 e. The fraction of sp³-hybridized carbons (Fsp3) is 0.333. The maximum absolute atomic E-state index is 11.4. The lowest BCUT2D eigenvalue weighted by molar-refractivity contribution is -0.134. The number of nitrogens with one attached hydrogen (secondary N) is 1. The summed E-state index contributed by atoms with van der Waals surface area (Å²) in [7, 11) is 1.37. The van der Waals surface area contributed by atoms with Crippen LogP contribution in [0.25, 0.3) is 11.8 Å². The van der Waals surface area contributed by atoms with Gasteiger partial charge in [-0.05, 0) is 18.9 Å². The highest BCUT2D eigenvalue weighted by Crippen LogP contribution is 2.36. The van der Waals surface area contributed by atoms with Gasteiger partial charge in [0.25, 0.3) is 0 Å². The predicted molar refractivity (Wildman–Crippen MR) is 84.7 cm³/mol. The van der Waals surface area contributed by atoms with Crippen LogP contribution in [-0.2, 0) is 16.1 Å². The third-order valence-electron chi connectivity index (χ3n) is 4.03. The molecular weight excluding hydrogens is 322 g/mol. The lowest BCUT2D eigenvalue weighted by Gasteiger charge is -2.28. The average molecular weight is 338 g/mol. The standard InChI is InChI=1S/C15H16ClN3O4/c1-3-8-12(16)18-13-10-7(5-4-6-19(8)13)11(20)9(15(21)22)14(17-10)23-2/h3,14,17,20H,1,4-6H2,2H3,(H,21,22). The Morgan fingerprint density at radius 1 is 1.61 bits per heavy atom. The van der Waals surface area contributed by atoms with Crippen molar-refractivity contribution >= 4 is 29.3 Å². The van der Waals surface area contributed by atoms with Gasteiger partial charge in [0.1, 0.15) is 11.3 Å². The van der Waals surface area contributed by atoms with Crippen LogP contribution in [0.1, 0.15) is 24.4 Å². The van der Waals surface area contributed by atoms with E-state index in [9.17, 15) is 15.0 Å². The number of carbonyl (C=O) groups is 1. The number of halogens is 1. The Labute approximate surface area is 137 Å². The summed E-state index contributed by atoms with van der Waals surface area (Å²) in [6.07, 6.45) is 1.87. The number of fused-ring (bicyclic) bond motifs is 2. The number of nitrogens with zero attached hydrogens (tertiary/aromatic N) is 2. The molecule has 3 N–H and O–H groups in total. The summed E-state index contributed by atoms with van der Waals surface area (Å²) in [5.41, 5.74) is 1.53. The summed E-state index contributed by atoms with van der Waals surface area (Å²) in [5.74, 6) is -0.966. The zero-order chi connectivity index (χ0) is 16.7. The first-order chi connectivity index (χ1) is 11.0. The number of aliphatic hydroxyl groups is 1. The number of hydrogen-bond acceptors (Lipinski definition) is 5. The zero-order valence-corrected chi connectivity index (χ0v) is 13.2. The van der Waals surface area contributed by atoms with Crippen LogP contribution in [0, 0.1) is 0 Å². The number of aliphatic hydroxyl groups excluding tert-OH is 1. The molecule has 0 fully saturated rings. The molecule has 0 aliphatic carbocycles. The van der Waals surface area contributed by atoms with Crippen LogP contribution in [0.2, 0.25) is 5.15 Å². The van der Waals surface area contributed by atoms with Gasteiger partial charge < -0.3 is 24.8 Å². The van der Waals surface area contributed by atoms with Crippen molar-refractivity contribution < 1.29 is 19.7 Å². The van der Waals surface area contributed by atoms with Gasteiger partial charge in [0.05, 0.1) is 11.4 Å². The minimum Gasteiger partial charge on any atom is -0.507 e. The molecule has 23 heavy (non-hydrogen) atoms. The van der Waals surface area contributed by atoms with E-state index in [-0.39, 0.29) is 11.3 Å². The van der Waals surface area contributed by atoms with Crippen molar-refractivity contribution in [3.8, 4) is 0 Å². The Kier molecular flexibility index (Phi) is 3.91. The summed E-state index contributed by atoms with van der Waals surface area (Å²) in [6.45, 7) is 4.38. The Morgan fingerprint density at radius 2 is 2.35 bits per heavy atom. The quantitative estimate of drug-likeness (QED) is 0.782. The van der Waals surface area contributed by atoms with Gasteiger partial charge in [-0.15, -0.1) is 0 Å². The number of imidazole rings is 1. The third-order valence-corrected chi connectivity index (χ3v) is 4.31. The second-order valence-electron chi connectivity index (χ2n) is 5.25. The molecule has 2 aliphatic heterocycles. The first-order valence-electron chi connectivity index (χ1n) is 7.07. The van der Waals surface area contributed by atoms with Crippen molar-refractivity contribution in [1.29, 1.82) is 0 Å². The number of hydrogen-bond donors (Lipinski definition) is 3. The monoisotopic (exact) mass is 337 g/mol. The van der Waals surface area contributed by atoms with Crippen LogP contribution in [-0.4, -0.2) is 39.1 Å². The molecular formula is C15H16ClN3O4. The smallest absolute Gasteiger partial charge is 0.339 e. The molecule has 0 spiro atoms. The van der Waals surface area contributed by atoms with Crippen LogP contribution in [0.5, 0.6) is 0 Å². The van der Waals surface area contributed by atoms with Crippen molar-refractivity contribution in [3.05, 3.63) is 40.2 Å². The first-order valence-corrected chi connectivity index (χ1v) is 7.45. The molecule has 0 radical (unpaired) electrons. The summed E-state index contributed by atoms with van der Waals surface area (Å²) >= 11 is 6.15. The summed E-state index contributed by atoms with van der Waals surface area (Å²) < 4.78 is 7.07. The van der Waals surface area contributed by atoms with Gasteiger partial charge in [-0.2, -0.15) is 0 Å². The molecule has 0 bridgehead atoms. The highest BCUT2D eigenvalue weighted by atomic mass is 35.5.